The molecule has 4 N–H and O–H groups in total. The molecule has 82 valence electrons. The van der Waals surface area contributed by atoms with Gasteiger partial charge >= 0.3 is 6.18 Å². The molecule has 1 aromatic rings. The van der Waals surface area contributed by atoms with Crippen LogP contribution < -0.4 is 11.5 Å². The predicted molar refractivity (Wildman–Crippen MR) is 46.9 cm³/mol. The Morgan fingerprint density at radius 3 is 2.20 bits per heavy atom. The summed E-state index contributed by atoms with van der Waals surface area (Å²) in [5, 5.41) is 0. The van der Waals surface area contributed by atoms with Crippen molar-refractivity contribution in [1.29, 1.82) is 0 Å². The van der Waals surface area contributed by atoms with Crippen molar-refractivity contribution in [3.05, 3.63) is 29.6 Å². The second kappa shape index (κ2) is 3.76. The molecule has 0 atom stereocenters. The molecule has 7 heteroatoms. The predicted octanol–water partition coefficient (Wildman–Crippen LogP) is 1.75. The lowest BCUT2D eigenvalue weighted by Crippen LogP contribution is -2.22. The third kappa shape index (κ3) is 2.83. The minimum Gasteiger partial charge on any atom is -0.370 e. The zero-order valence-corrected chi connectivity index (χ0v) is 7.35. The van der Waals surface area contributed by atoms with Crippen LogP contribution in [0.4, 0.5) is 23.2 Å². The molecular formula is C8H7F4N3. The number of aliphatic imine (C=N–C) groups is 1. The summed E-state index contributed by atoms with van der Waals surface area (Å²) in [5.74, 6) is -1.55. The van der Waals surface area contributed by atoms with E-state index in [1.54, 1.807) is 0 Å². The Morgan fingerprint density at radius 1 is 1.20 bits per heavy atom. The van der Waals surface area contributed by atoms with Gasteiger partial charge in [-0.05, 0) is 18.2 Å². The Kier molecular flexibility index (Phi) is 2.83. The molecule has 0 aliphatic carbocycles. The molecule has 0 unspecified atom stereocenters. The lowest BCUT2D eigenvalue weighted by Gasteiger charge is -2.06. The quantitative estimate of drug-likeness (QED) is 0.431. The van der Waals surface area contributed by atoms with Gasteiger partial charge in [0.25, 0.3) is 0 Å². The molecule has 1 aromatic carbocycles. The van der Waals surface area contributed by atoms with Crippen molar-refractivity contribution >= 4 is 11.6 Å². The second-order valence-corrected chi connectivity index (χ2v) is 2.70. The highest BCUT2D eigenvalue weighted by Crippen LogP contribution is 2.31. The zero-order chi connectivity index (χ0) is 11.6. The van der Waals surface area contributed by atoms with E-state index in [2.05, 4.69) is 4.99 Å². The maximum Gasteiger partial charge on any atom is 0.416 e. The largest absolute Gasteiger partial charge is 0.416 e. The van der Waals surface area contributed by atoms with E-state index in [4.69, 9.17) is 11.5 Å². The first-order chi connectivity index (χ1) is 6.80. The Balaban J connectivity index is 3.15. The highest BCUT2D eigenvalue weighted by Gasteiger charge is 2.31. The van der Waals surface area contributed by atoms with Gasteiger partial charge in [-0.15, -0.1) is 0 Å². The van der Waals surface area contributed by atoms with Crippen molar-refractivity contribution in [2.75, 3.05) is 0 Å². The Bertz CT molecular complexity index is 393. The summed E-state index contributed by atoms with van der Waals surface area (Å²) in [6, 6.07) is 1.89. The van der Waals surface area contributed by atoms with Gasteiger partial charge in [0.05, 0.1) is 5.56 Å². The number of halogens is 4. The first-order valence-electron chi connectivity index (χ1n) is 3.77. The van der Waals surface area contributed by atoms with E-state index in [9.17, 15) is 17.6 Å². The van der Waals surface area contributed by atoms with Crippen LogP contribution in [0.5, 0.6) is 0 Å². The summed E-state index contributed by atoms with van der Waals surface area (Å²) in [6.07, 6.45) is -4.59. The van der Waals surface area contributed by atoms with Crippen LogP contribution in [0.3, 0.4) is 0 Å². The van der Waals surface area contributed by atoms with Crippen molar-refractivity contribution in [3.8, 4) is 0 Å². The van der Waals surface area contributed by atoms with Crippen LogP contribution in [0.25, 0.3) is 0 Å². The van der Waals surface area contributed by atoms with Crippen LogP contribution in [-0.4, -0.2) is 5.96 Å². The van der Waals surface area contributed by atoms with Crippen LogP contribution in [0.15, 0.2) is 23.2 Å². The van der Waals surface area contributed by atoms with Crippen LogP contribution >= 0.6 is 0 Å². The van der Waals surface area contributed by atoms with Gasteiger partial charge < -0.3 is 11.5 Å². The maximum absolute atomic E-state index is 13.0. The van der Waals surface area contributed by atoms with Crippen LogP contribution in [-0.2, 0) is 6.18 Å². The molecule has 15 heavy (non-hydrogen) atoms. The Morgan fingerprint density at radius 2 is 1.80 bits per heavy atom. The van der Waals surface area contributed by atoms with Crippen LogP contribution in [0.1, 0.15) is 5.56 Å². The number of nitrogens with two attached hydrogens (primary N) is 2. The third-order valence-electron chi connectivity index (χ3n) is 1.52. The van der Waals surface area contributed by atoms with Gasteiger partial charge in [0.2, 0.25) is 0 Å². The number of guanidine groups is 1. The summed E-state index contributed by atoms with van der Waals surface area (Å²) < 4.78 is 49.4. The van der Waals surface area contributed by atoms with Crippen LogP contribution in [0, 0.1) is 5.82 Å². The first kappa shape index (κ1) is 11.3. The fourth-order valence-corrected chi connectivity index (χ4v) is 0.913. The molecule has 0 heterocycles. The SMILES string of the molecule is NC(N)=Nc1ccc(C(F)(F)F)cc1F. The average Bonchev–Trinajstić information content (AvgIpc) is 2.05. The van der Waals surface area contributed by atoms with Gasteiger partial charge in [0, 0.05) is 0 Å². The highest BCUT2D eigenvalue weighted by molar-refractivity contribution is 5.79. The normalized spacial score (nSPS) is 11.2. The van der Waals surface area contributed by atoms with Crippen molar-refractivity contribution in [2.45, 2.75) is 6.18 Å². The molecule has 3 nitrogen and oxygen atoms in total. The molecular weight excluding hydrogens is 214 g/mol. The molecule has 0 saturated carbocycles. The molecule has 0 bridgehead atoms. The van der Waals surface area contributed by atoms with Gasteiger partial charge in [-0.1, -0.05) is 0 Å². The fraction of sp³-hybridized carbons (Fsp3) is 0.125. The molecule has 0 aliphatic heterocycles. The molecule has 0 spiro atoms. The van der Waals surface area contributed by atoms with E-state index < -0.39 is 23.5 Å². The number of hydrogen-bond acceptors (Lipinski definition) is 1. The summed E-state index contributed by atoms with van der Waals surface area (Å²) in [7, 11) is 0. The summed E-state index contributed by atoms with van der Waals surface area (Å²) >= 11 is 0. The first-order valence-corrected chi connectivity index (χ1v) is 3.77. The minimum absolute atomic E-state index is 0.331. The fourth-order valence-electron chi connectivity index (χ4n) is 0.913. The van der Waals surface area contributed by atoms with Gasteiger partial charge in [0.1, 0.15) is 11.5 Å². The lowest BCUT2D eigenvalue weighted by atomic mass is 10.2. The highest BCUT2D eigenvalue weighted by atomic mass is 19.4. The zero-order valence-electron chi connectivity index (χ0n) is 7.35. The van der Waals surface area contributed by atoms with Crippen molar-refractivity contribution in [1.82, 2.24) is 0 Å². The molecule has 0 amide bonds. The van der Waals surface area contributed by atoms with Gasteiger partial charge in [-0.3, -0.25) is 0 Å². The van der Waals surface area contributed by atoms with Gasteiger partial charge in [0.15, 0.2) is 5.96 Å². The van der Waals surface area contributed by atoms with E-state index in [1.807, 2.05) is 0 Å². The van der Waals surface area contributed by atoms with Crippen LogP contribution in [0.2, 0.25) is 0 Å². The smallest absolute Gasteiger partial charge is 0.370 e. The van der Waals surface area contributed by atoms with Crippen molar-refractivity contribution < 1.29 is 17.6 Å². The molecule has 1 rings (SSSR count). The average molecular weight is 221 g/mol. The molecule has 0 saturated heterocycles. The van der Waals surface area contributed by atoms with Crippen molar-refractivity contribution in [2.24, 2.45) is 16.5 Å². The molecule has 0 fully saturated rings. The number of alkyl halides is 3. The second-order valence-electron chi connectivity index (χ2n) is 2.70. The number of hydrogen-bond donors (Lipinski definition) is 2. The standard InChI is InChI=1S/C8H7F4N3/c9-5-3-4(8(10,11)12)1-2-6(5)15-7(13)14/h1-3H,(H4,13,14,15). The molecule has 0 aliphatic rings. The number of rotatable bonds is 1. The van der Waals surface area contributed by atoms with E-state index in [0.717, 1.165) is 6.07 Å². The number of nitrogens with zero attached hydrogens (tertiary/aromatic N) is 1. The van der Waals surface area contributed by atoms with Gasteiger partial charge in [-0.25, -0.2) is 9.38 Å². The lowest BCUT2D eigenvalue weighted by molar-refractivity contribution is -0.137. The molecule has 0 radical (unpaired) electrons. The van der Waals surface area contributed by atoms with E-state index in [1.165, 1.54) is 0 Å². The summed E-state index contributed by atoms with van der Waals surface area (Å²) in [6.45, 7) is 0. The topological polar surface area (TPSA) is 64.4 Å². The Hall–Kier alpha value is -1.79. The number of benzene rings is 1. The van der Waals surface area contributed by atoms with Crippen molar-refractivity contribution in [3.63, 3.8) is 0 Å². The van der Waals surface area contributed by atoms with Gasteiger partial charge in [-0.2, -0.15) is 13.2 Å². The Labute approximate surface area is 82.4 Å². The third-order valence-corrected chi connectivity index (χ3v) is 1.52. The summed E-state index contributed by atoms with van der Waals surface area (Å²) in [5.41, 5.74) is 8.49. The minimum atomic E-state index is -4.59. The molecule has 0 aromatic heterocycles. The summed E-state index contributed by atoms with van der Waals surface area (Å²) in [4.78, 5) is 3.31. The van der Waals surface area contributed by atoms with E-state index in [0.29, 0.717) is 12.1 Å². The van der Waals surface area contributed by atoms with E-state index in [-0.39, 0.29) is 5.69 Å². The van der Waals surface area contributed by atoms with E-state index >= 15 is 0 Å². The maximum atomic E-state index is 13.0. The monoisotopic (exact) mass is 221 g/mol.